The molecule has 2 aromatic rings. The summed E-state index contributed by atoms with van der Waals surface area (Å²) in [7, 11) is 0. The van der Waals surface area contributed by atoms with Gasteiger partial charge in [-0.25, -0.2) is 0 Å². The van der Waals surface area contributed by atoms with Gasteiger partial charge in [0.25, 0.3) is 0 Å². The van der Waals surface area contributed by atoms with Crippen LogP contribution < -0.4 is 28.7 Å². The van der Waals surface area contributed by atoms with Gasteiger partial charge in [0.15, 0.2) is 25.2 Å². The molecule has 2 aromatic carbocycles. The molecule has 1 saturated carbocycles. The first-order valence-corrected chi connectivity index (χ1v) is 18.5. The van der Waals surface area contributed by atoms with Crippen LogP contribution in [-0.2, 0) is 37.9 Å². The van der Waals surface area contributed by atoms with E-state index in [1.165, 1.54) is 0 Å². The fourth-order valence-corrected chi connectivity index (χ4v) is 7.84. The van der Waals surface area contributed by atoms with Crippen molar-refractivity contribution in [1.82, 2.24) is 0 Å². The van der Waals surface area contributed by atoms with Gasteiger partial charge in [0.2, 0.25) is 0 Å². The number of rotatable bonds is 10. The highest BCUT2D eigenvalue weighted by atomic mass is 16.8. The van der Waals surface area contributed by atoms with Crippen LogP contribution in [0.15, 0.2) is 54.6 Å². The summed E-state index contributed by atoms with van der Waals surface area (Å²) in [5.74, 6) is 0. The van der Waals surface area contributed by atoms with Crippen molar-refractivity contribution >= 4 is 0 Å². The van der Waals surface area contributed by atoms with E-state index in [4.69, 9.17) is 66.6 Å². The number of hydrogen-bond donors (Lipinski definition) is 11. The Morgan fingerprint density at radius 1 is 0.600 bits per heavy atom. The van der Waals surface area contributed by atoms with E-state index in [9.17, 15) is 30.6 Å². The van der Waals surface area contributed by atoms with Crippen LogP contribution >= 0.6 is 0 Å². The molecular weight excluding hydrogens is 726 g/mol. The molecule has 4 aliphatic heterocycles. The molecular formula is C36H53N5O14. The average molecular weight is 780 g/mol. The minimum Gasteiger partial charge on any atom is -0.394 e. The molecule has 4 heterocycles. The maximum absolute atomic E-state index is 11.4. The van der Waals surface area contributed by atoms with Crippen molar-refractivity contribution in [2.24, 2.45) is 28.7 Å². The van der Waals surface area contributed by atoms with Crippen LogP contribution in [0, 0.1) is 0 Å². The van der Waals surface area contributed by atoms with Gasteiger partial charge in [-0.15, -0.1) is 0 Å². The van der Waals surface area contributed by atoms with Gasteiger partial charge < -0.3 is 97.2 Å². The number of nitrogens with two attached hydrogens (primary N) is 5. The molecule has 20 atom stereocenters. The van der Waals surface area contributed by atoms with Gasteiger partial charge in [0, 0.05) is 24.2 Å². The first-order chi connectivity index (χ1) is 26.4. The molecule has 5 aliphatic rings. The zero-order valence-electron chi connectivity index (χ0n) is 29.9. The second kappa shape index (κ2) is 17.3. The zero-order chi connectivity index (χ0) is 39.1. The lowest BCUT2D eigenvalue weighted by molar-refractivity contribution is -0.356. The van der Waals surface area contributed by atoms with E-state index < -0.39 is 129 Å². The number of benzene rings is 2. The Morgan fingerprint density at radius 3 is 1.91 bits per heavy atom. The Kier molecular flexibility index (Phi) is 12.8. The molecule has 1 unspecified atom stereocenters. The number of hydrogen-bond acceptors (Lipinski definition) is 19. The molecule has 0 aromatic heterocycles. The van der Waals surface area contributed by atoms with E-state index in [1.54, 1.807) is 0 Å². The van der Waals surface area contributed by atoms with E-state index in [2.05, 4.69) is 0 Å². The van der Waals surface area contributed by atoms with Crippen molar-refractivity contribution in [2.45, 2.75) is 129 Å². The Balaban J connectivity index is 1.01. The monoisotopic (exact) mass is 779 g/mol. The summed E-state index contributed by atoms with van der Waals surface area (Å²) in [6.45, 7) is -0.773. The van der Waals surface area contributed by atoms with Crippen molar-refractivity contribution in [3.63, 3.8) is 0 Å². The summed E-state index contributed by atoms with van der Waals surface area (Å²) in [5, 5.41) is 64.7. The molecule has 7 rings (SSSR count). The average Bonchev–Trinajstić information content (AvgIpc) is 3.50. The second-order valence-electron chi connectivity index (χ2n) is 14.8. The topological polar surface area (TPSA) is 325 Å². The summed E-state index contributed by atoms with van der Waals surface area (Å²) in [5.41, 5.74) is 33.7. The SMILES string of the molecule is NC[C@@H]1O[C@H](O[C@H]2[C@@H](O)[C@H](O[C@@H]3[C@@H](O)[C@H](N)C[C@H](N)[C@H]3O[C@H]3O[C@@H]4COC(c5ccc(-c6ccccc6)cc5)O[C@H]4[C@H](O)[C@H]3N)O[C@@H]2CO)[C@H](N)[C@@H](O)[C@@H]1O. The summed E-state index contributed by atoms with van der Waals surface area (Å²) in [4.78, 5) is 0. The third-order valence-electron chi connectivity index (χ3n) is 11.1. The van der Waals surface area contributed by atoms with Gasteiger partial charge >= 0.3 is 0 Å². The van der Waals surface area contributed by atoms with Gasteiger partial charge in [-0.05, 0) is 17.5 Å². The summed E-state index contributed by atoms with van der Waals surface area (Å²) >= 11 is 0. The van der Waals surface area contributed by atoms with Gasteiger partial charge in [0.1, 0.15) is 67.1 Å². The zero-order valence-corrected chi connectivity index (χ0v) is 29.9. The van der Waals surface area contributed by atoms with E-state index in [1.807, 2.05) is 54.6 Å². The van der Waals surface area contributed by atoms with E-state index in [-0.39, 0.29) is 19.6 Å². The molecule has 0 spiro atoms. The molecule has 4 saturated heterocycles. The highest BCUT2D eigenvalue weighted by Crippen LogP contribution is 2.37. The molecule has 55 heavy (non-hydrogen) atoms. The van der Waals surface area contributed by atoms with Gasteiger partial charge in [-0.3, -0.25) is 0 Å². The van der Waals surface area contributed by atoms with E-state index in [0.29, 0.717) is 0 Å². The van der Waals surface area contributed by atoms with Crippen LogP contribution in [0.2, 0.25) is 0 Å². The number of aliphatic hydroxyl groups is 6. The number of aliphatic hydroxyl groups excluding tert-OH is 6. The third kappa shape index (κ3) is 8.21. The first kappa shape index (κ1) is 40.9. The van der Waals surface area contributed by atoms with Crippen LogP contribution in [0.1, 0.15) is 18.3 Å². The fraction of sp³-hybridized carbons (Fsp3) is 0.667. The summed E-state index contributed by atoms with van der Waals surface area (Å²) in [6.07, 6.45) is -19.6. The van der Waals surface area contributed by atoms with Crippen LogP contribution in [-0.4, -0.2) is 167 Å². The Labute approximate surface area is 317 Å². The normalized spacial score (nSPS) is 46.3. The molecule has 5 fully saturated rings. The smallest absolute Gasteiger partial charge is 0.187 e. The maximum Gasteiger partial charge on any atom is 0.187 e. The predicted molar refractivity (Wildman–Crippen MR) is 189 cm³/mol. The molecule has 1 aliphatic carbocycles. The lowest BCUT2D eigenvalue weighted by atomic mass is 9.84. The van der Waals surface area contributed by atoms with Crippen LogP contribution in [0.4, 0.5) is 0 Å². The van der Waals surface area contributed by atoms with Crippen molar-refractivity contribution in [3.8, 4) is 11.1 Å². The van der Waals surface area contributed by atoms with E-state index in [0.717, 1.165) is 16.7 Å². The minimum atomic E-state index is -1.61. The van der Waals surface area contributed by atoms with Crippen molar-refractivity contribution < 1.29 is 68.5 Å². The Hall–Kier alpha value is -2.32. The molecule has 0 bridgehead atoms. The lowest BCUT2D eigenvalue weighted by Crippen LogP contribution is -2.69. The quantitative estimate of drug-likeness (QED) is 0.108. The van der Waals surface area contributed by atoms with Crippen LogP contribution in [0.5, 0.6) is 0 Å². The van der Waals surface area contributed by atoms with E-state index >= 15 is 0 Å². The molecule has 19 heteroatoms. The molecule has 0 radical (unpaired) electrons. The molecule has 16 N–H and O–H groups in total. The van der Waals surface area contributed by atoms with Crippen molar-refractivity contribution in [2.75, 3.05) is 19.8 Å². The maximum atomic E-state index is 11.4. The fourth-order valence-electron chi connectivity index (χ4n) is 7.84. The van der Waals surface area contributed by atoms with Gasteiger partial charge in [-0.1, -0.05) is 54.6 Å². The van der Waals surface area contributed by atoms with Gasteiger partial charge in [-0.2, -0.15) is 0 Å². The van der Waals surface area contributed by atoms with Crippen LogP contribution in [0.25, 0.3) is 11.1 Å². The number of ether oxygens (including phenoxy) is 8. The summed E-state index contributed by atoms with van der Waals surface area (Å²) < 4.78 is 48.1. The van der Waals surface area contributed by atoms with Crippen molar-refractivity contribution in [1.29, 1.82) is 0 Å². The largest absolute Gasteiger partial charge is 0.394 e. The molecule has 0 amide bonds. The third-order valence-corrected chi connectivity index (χ3v) is 11.1. The van der Waals surface area contributed by atoms with Crippen LogP contribution in [0.3, 0.4) is 0 Å². The Bertz CT molecular complexity index is 1530. The standard InChI is InChI=1S/C36H53N5O14/c37-11-19-25(44)26(45)22(40)34(49-19)54-30-20(12-42)50-36(28(30)47)55-32-24(43)17(38)10-18(39)29(32)52-35-23(41)27(46)31-21(51-35)13-48-33(53-31)16-8-6-15(7-9-16)14-4-2-1-3-5-14/h1-9,17-36,42-47H,10-13,37-41H2/t17-,18+,19+,20-,21-,22-,23-,24+,25-,26-,27-,28-,29-,30-,31-,32-,33?,34-,35-,36+/m1/s1. The van der Waals surface area contributed by atoms with Gasteiger partial charge in [0.05, 0.1) is 31.4 Å². The minimum absolute atomic E-state index is 0.0337. The Morgan fingerprint density at radius 2 is 1.22 bits per heavy atom. The lowest BCUT2D eigenvalue weighted by Gasteiger charge is -2.49. The predicted octanol–water partition coefficient (Wildman–Crippen LogP) is -4.43. The van der Waals surface area contributed by atoms with Crippen molar-refractivity contribution in [3.05, 3.63) is 60.2 Å². The summed E-state index contributed by atoms with van der Waals surface area (Å²) in [6, 6.07) is 13.5. The number of fused-ring (bicyclic) bond motifs is 1. The highest BCUT2D eigenvalue weighted by Gasteiger charge is 2.55. The molecule has 19 nitrogen and oxygen atoms in total. The first-order valence-electron chi connectivity index (χ1n) is 18.5. The second-order valence-corrected chi connectivity index (χ2v) is 14.8. The molecule has 306 valence electrons. The highest BCUT2D eigenvalue weighted by molar-refractivity contribution is 5.63.